The van der Waals surface area contributed by atoms with Crippen molar-refractivity contribution in [2.75, 3.05) is 32.8 Å². The second-order valence-corrected chi connectivity index (χ2v) is 4.83. The maximum Gasteiger partial charge on any atom is 0.124 e. The third-order valence-electron chi connectivity index (χ3n) is 3.75. The molecule has 2 aliphatic heterocycles. The Hall–Kier alpha value is -1.06. The van der Waals surface area contributed by atoms with E-state index >= 15 is 0 Å². The van der Waals surface area contributed by atoms with Gasteiger partial charge in [-0.1, -0.05) is 18.2 Å². The summed E-state index contributed by atoms with van der Waals surface area (Å²) >= 11 is 0. The molecule has 2 aliphatic rings. The van der Waals surface area contributed by atoms with Gasteiger partial charge in [-0.05, 0) is 18.9 Å². The highest BCUT2D eigenvalue weighted by atomic mass is 16.5. The molecule has 3 heteroatoms. The van der Waals surface area contributed by atoms with Crippen LogP contribution in [0.15, 0.2) is 24.3 Å². The van der Waals surface area contributed by atoms with Crippen LogP contribution in [0.25, 0.3) is 0 Å². The molecular formula is C14H20N2O. The number of ether oxygens (including phenoxy) is 1. The lowest BCUT2D eigenvalue weighted by molar-refractivity contribution is 0.165. The topological polar surface area (TPSA) is 24.5 Å². The van der Waals surface area contributed by atoms with Crippen LogP contribution in [0.5, 0.6) is 5.75 Å². The molecule has 1 atom stereocenters. The van der Waals surface area contributed by atoms with Gasteiger partial charge in [0.15, 0.2) is 0 Å². The van der Waals surface area contributed by atoms with Crippen molar-refractivity contribution in [2.45, 2.75) is 18.9 Å². The van der Waals surface area contributed by atoms with Crippen molar-refractivity contribution in [1.82, 2.24) is 10.2 Å². The molecule has 3 nitrogen and oxygen atoms in total. The van der Waals surface area contributed by atoms with E-state index < -0.39 is 0 Å². The summed E-state index contributed by atoms with van der Waals surface area (Å²) in [5.74, 6) is 1.09. The number of fused-ring (bicyclic) bond motifs is 1. The summed E-state index contributed by atoms with van der Waals surface area (Å²) in [6, 6.07) is 9.08. The van der Waals surface area contributed by atoms with E-state index in [-0.39, 0.29) is 0 Å². The molecule has 2 heterocycles. The highest BCUT2D eigenvalue weighted by Crippen LogP contribution is 2.35. The van der Waals surface area contributed by atoms with Gasteiger partial charge in [-0.3, -0.25) is 4.90 Å². The van der Waals surface area contributed by atoms with Gasteiger partial charge in [-0.2, -0.15) is 0 Å². The van der Waals surface area contributed by atoms with Crippen LogP contribution in [0.2, 0.25) is 0 Å². The van der Waals surface area contributed by atoms with Gasteiger partial charge in [0.2, 0.25) is 0 Å². The van der Waals surface area contributed by atoms with E-state index in [9.17, 15) is 0 Å². The number of para-hydroxylation sites is 1. The predicted octanol–water partition coefficient (Wildman–Crippen LogP) is 1.81. The third kappa shape index (κ3) is 2.31. The summed E-state index contributed by atoms with van der Waals surface area (Å²) in [6.45, 7) is 5.39. The summed E-state index contributed by atoms with van der Waals surface area (Å²) in [7, 11) is 0. The molecule has 92 valence electrons. The molecule has 0 amide bonds. The monoisotopic (exact) mass is 232 g/mol. The van der Waals surface area contributed by atoms with E-state index in [0.717, 1.165) is 45.0 Å². The van der Waals surface area contributed by atoms with Crippen molar-refractivity contribution >= 4 is 0 Å². The Morgan fingerprint density at radius 2 is 2.00 bits per heavy atom. The van der Waals surface area contributed by atoms with Crippen molar-refractivity contribution in [2.24, 2.45) is 0 Å². The van der Waals surface area contributed by atoms with Gasteiger partial charge >= 0.3 is 0 Å². The van der Waals surface area contributed by atoms with Crippen LogP contribution in [0.3, 0.4) is 0 Å². The van der Waals surface area contributed by atoms with E-state index in [2.05, 4.69) is 34.5 Å². The molecule has 1 saturated heterocycles. The van der Waals surface area contributed by atoms with Gasteiger partial charge in [0, 0.05) is 37.8 Å². The minimum atomic E-state index is 0.552. The molecule has 17 heavy (non-hydrogen) atoms. The molecule has 1 aromatic carbocycles. The third-order valence-corrected chi connectivity index (χ3v) is 3.75. The quantitative estimate of drug-likeness (QED) is 0.799. The summed E-state index contributed by atoms with van der Waals surface area (Å²) in [4.78, 5) is 2.60. The molecule has 0 saturated carbocycles. The maximum absolute atomic E-state index is 5.83. The van der Waals surface area contributed by atoms with Crippen LogP contribution >= 0.6 is 0 Å². The van der Waals surface area contributed by atoms with Gasteiger partial charge in [0.1, 0.15) is 5.75 Å². The van der Waals surface area contributed by atoms with Crippen molar-refractivity contribution in [3.05, 3.63) is 29.8 Å². The first kappa shape index (κ1) is 11.1. The van der Waals surface area contributed by atoms with Gasteiger partial charge in [0.25, 0.3) is 0 Å². The molecule has 0 radical (unpaired) electrons. The van der Waals surface area contributed by atoms with Crippen LogP contribution in [-0.4, -0.2) is 37.7 Å². The number of rotatable bonds is 1. The average Bonchev–Trinajstić information content (AvgIpc) is 2.62. The average molecular weight is 232 g/mol. The Balaban J connectivity index is 1.88. The molecule has 3 rings (SSSR count). The van der Waals surface area contributed by atoms with Crippen LogP contribution in [-0.2, 0) is 0 Å². The number of benzene rings is 1. The molecule has 1 fully saturated rings. The minimum absolute atomic E-state index is 0.552. The second-order valence-electron chi connectivity index (χ2n) is 4.83. The highest BCUT2D eigenvalue weighted by Gasteiger charge is 2.26. The Labute approximate surface area is 103 Å². The molecule has 1 aromatic rings. The van der Waals surface area contributed by atoms with E-state index in [4.69, 9.17) is 4.74 Å². The molecule has 0 bridgehead atoms. The van der Waals surface area contributed by atoms with Crippen molar-refractivity contribution < 1.29 is 4.74 Å². The number of hydrogen-bond acceptors (Lipinski definition) is 3. The fraction of sp³-hybridized carbons (Fsp3) is 0.571. The molecule has 1 unspecified atom stereocenters. The van der Waals surface area contributed by atoms with E-state index in [0.29, 0.717) is 6.04 Å². The fourth-order valence-corrected chi connectivity index (χ4v) is 2.87. The summed E-state index contributed by atoms with van der Waals surface area (Å²) in [6.07, 6.45) is 2.38. The predicted molar refractivity (Wildman–Crippen MR) is 68.4 cm³/mol. The van der Waals surface area contributed by atoms with Crippen LogP contribution in [0.1, 0.15) is 24.4 Å². The first-order valence-corrected chi connectivity index (χ1v) is 6.61. The lowest BCUT2D eigenvalue weighted by Gasteiger charge is -2.34. The van der Waals surface area contributed by atoms with Crippen LogP contribution in [0.4, 0.5) is 0 Å². The largest absolute Gasteiger partial charge is 0.493 e. The minimum Gasteiger partial charge on any atom is -0.493 e. The summed E-state index contributed by atoms with van der Waals surface area (Å²) in [5, 5.41) is 3.42. The molecule has 0 spiro atoms. The Bertz CT molecular complexity index is 374. The zero-order valence-corrected chi connectivity index (χ0v) is 10.2. The van der Waals surface area contributed by atoms with E-state index in [1.54, 1.807) is 0 Å². The Kier molecular flexibility index (Phi) is 3.29. The van der Waals surface area contributed by atoms with Crippen molar-refractivity contribution in [3.8, 4) is 5.75 Å². The number of nitrogens with zero attached hydrogens (tertiary/aromatic N) is 1. The lowest BCUT2D eigenvalue weighted by atomic mass is 10.00. The molecule has 1 N–H and O–H groups in total. The van der Waals surface area contributed by atoms with Crippen LogP contribution < -0.4 is 10.1 Å². The number of piperazine rings is 1. The Morgan fingerprint density at radius 1 is 1.18 bits per heavy atom. The highest BCUT2D eigenvalue weighted by molar-refractivity contribution is 5.36. The molecule has 0 aromatic heterocycles. The number of hydrogen-bond donors (Lipinski definition) is 1. The normalized spacial score (nSPS) is 25.8. The summed E-state index contributed by atoms with van der Waals surface area (Å²) < 4.78 is 5.83. The fourth-order valence-electron chi connectivity index (χ4n) is 2.87. The zero-order chi connectivity index (χ0) is 11.5. The SMILES string of the molecule is c1ccc2c(c1)OCCCC2N1CCNCC1. The first-order chi connectivity index (χ1) is 8.45. The van der Waals surface area contributed by atoms with Gasteiger partial charge < -0.3 is 10.1 Å². The van der Waals surface area contributed by atoms with Gasteiger partial charge in [-0.25, -0.2) is 0 Å². The van der Waals surface area contributed by atoms with Gasteiger partial charge in [0.05, 0.1) is 6.61 Å². The first-order valence-electron chi connectivity index (χ1n) is 6.61. The van der Waals surface area contributed by atoms with Crippen molar-refractivity contribution in [3.63, 3.8) is 0 Å². The van der Waals surface area contributed by atoms with Crippen LogP contribution in [0, 0.1) is 0 Å². The second kappa shape index (κ2) is 5.07. The van der Waals surface area contributed by atoms with E-state index in [1.165, 1.54) is 12.0 Å². The molecular weight excluding hydrogens is 212 g/mol. The number of nitrogens with one attached hydrogen (secondary N) is 1. The Morgan fingerprint density at radius 3 is 2.88 bits per heavy atom. The smallest absolute Gasteiger partial charge is 0.124 e. The lowest BCUT2D eigenvalue weighted by Crippen LogP contribution is -2.45. The van der Waals surface area contributed by atoms with Gasteiger partial charge in [-0.15, -0.1) is 0 Å². The standard InChI is InChI=1S/C14H20N2O/c1-2-6-14-12(4-1)13(5-3-11-17-14)16-9-7-15-8-10-16/h1-2,4,6,13,15H,3,5,7-11H2. The zero-order valence-electron chi connectivity index (χ0n) is 10.2. The van der Waals surface area contributed by atoms with E-state index in [1.807, 2.05) is 0 Å². The molecule has 0 aliphatic carbocycles. The summed E-state index contributed by atoms with van der Waals surface area (Å²) in [5.41, 5.74) is 1.38. The van der Waals surface area contributed by atoms with Crippen molar-refractivity contribution in [1.29, 1.82) is 0 Å². The maximum atomic E-state index is 5.83.